The molecule has 0 spiro atoms. The summed E-state index contributed by atoms with van der Waals surface area (Å²) in [7, 11) is 0. The van der Waals surface area contributed by atoms with E-state index in [0.29, 0.717) is 19.3 Å². The number of aromatic nitrogens is 3. The average molecular weight is 239 g/mol. The van der Waals surface area contributed by atoms with Gasteiger partial charge in [-0.3, -0.25) is 0 Å². The van der Waals surface area contributed by atoms with Gasteiger partial charge in [0.25, 0.3) is 0 Å². The van der Waals surface area contributed by atoms with Crippen LogP contribution in [0.4, 0.5) is 0 Å². The Morgan fingerprint density at radius 3 is 2.65 bits per heavy atom. The fourth-order valence-electron chi connectivity index (χ4n) is 2.53. The van der Waals surface area contributed by atoms with Gasteiger partial charge < -0.3 is 10.2 Å². The Morgan fingerprint density at radius 2 is 2.06 bits per heavy atom. The van der Waals surface area contributed by atoms with E-state index in [1.165, 1.54) is 6.33 Å². The van der Waals surface area contributed by atoms with Crippen molar-refractivity contribution in [3.05, 3.63) is 12.2 Å². The van der Waals surface area contributed by atoms with Crippen LogP contribution in [0.25, 0.3) is 0 Å². The molecule has 0 radical (unpaired) electrons. The first-order valence-corrected chi connectivity index (χ1v) is 6.32. The molecule has 96 valence electrons. The highest BCUT2D eigenvalue weighted by molar-refractivity contribution is 4.98. The highest BCUT2D eigenvalue weighted by atomic mass is 16.3. The maximum Gasteiger partial charge on any atom is 0.138 e. The summed E-state index contributed by atoms with van der Waals surface area (Å²) in [6.45, 7) is 4.05. The Kier molecular flexibility index (Phi) is 3.49. The number of aliphatic hydroxyl groups is 2. The fourth-order valence-corrected chi connectivity index (χ4v) is 2.53. The first-order chi connectivity index (χ1) is 8.03. The number of hydrogen-bond donors (Lipinski definition) is 2. The maximum absolute atomic E-state index is 10.3. The quantitative estimate of drug-likeness (QED) is 0.824. The summed E-state index contributed by atoms with van der Waals surface area (Å²) in [5, 5.41) is 24.6. The molecule has 5 nitrogen and oxygen atoms in total. The van der Waals surface area contributed by atoms with Gasteiger partial charge in [0.05, 0.1) is 11.7 Å². The topological polar surface area (TPSA) is 71.2 Å². The van der Waals surface area contributed by atoms with Crippen molar-refractivity contribution in [3.8, 4) is 0 Å². The van der Waals surface area contributed by atoms with Gasteiger partial charge in [-0.1, -0.05) is 12.8 Å². The highest BCUT2D eigenvalue weighted by Crippen LogP contribution is 2.33. The first-order valence-electron chi connectivity index (χ1n) is 6.32. The molecular weight excluding hydrogens is 218 g/mol. The molecule has 1 saturated carbocycles. The van der Waals surface area contributed by atoms with E-state index >= 15 is 0 Å². The molecule has 1 unspecified atom stereocenters. The molecule has 5 heteroatoms. The molecule has 1 aliphatic carbocycles. The van der Waals surface area contributed by atoms with Crippen LogP contribution in [0.5, 0.6) is 0 Å². The van der Waals surface area contributed by atoms with Crippen molar-refractivity contribution in [1.82, 2.24) is 14.8 Å². The molecule has 0 bridgehead atoms. The Hall–Kier alpha value is -0.940. The number of rotatable bonds is 4. The van der Waals surface area contributed by atoms with Crippen molar-refractivity contribution in [1.29, 1.82) is 0 Å². The summed E-state index contributed by atoms with van der Waals surface area (Å²) in [6.07, 6.45) is 4.48. The summed E-state index contributed by atoms with van der Waals surface area (Å²) < 4.78 is 1.79. The predicted octanol–water partition coefficient (Wildman–Crippen LogP) is 1.07. The minimum absolute atomic E-state index is 0.220. The SMILES string of the molecule is CC(C)n1ncnc1CC(O)C1(O)CCCC1. The van der Waals surface area contributed by atoms with Gasteiger partial charge in [-0.05, 0) is 26.7 Å². The summed E-state index contributed by atoms with van der Waals surface area (Å²) in [6, 6.07) is 0.220. The van der Waals surface area contributed by atoms with Gasteiger partial charge in [-0.15, -0.1) is 0 Å². The Morgan fingerprint density at radius 1 is 1.41 bits per heavy atom. The Bertz CT molecular complexity index is 370. The van der Waals surface area contributed by atoms with Crippen LogP contribution in [-0.4, -0.2) is 36.7 Å². The third kappa shape index (κ3) is 2.50. The molecule has 1 atom stereocenters. The average Bonchev–Trinajstić information content (AvgIpc) is 2.87. The smallest absolute Gasteiger partial charge is 0.138 e. The molecule has 1 aromatic heterocycles. The molecule has 0 amide bonds. The van der Waals surface area contributed by atoms with Gasteiger partial charge >= 0.3 is 0 Å². The van der Waals surface area contributed by atoms with Crippen molar-refractivity contribution in [2.75, 3.05) is 0 Å². The molecule has 0 aromatic carbocycles. The zero-order valence-electron chi connectivity index (χ0n) is 10.5. The van der Waals surface area contributed by atoms with E-state index in [9.17, 15) is 10.2 Å². The number of aliphatic hydroxyl groups excluding tert-OH is 1. The van der Waals surface area contributed by atoms with E-state index in [1.54, 1.807) is 4.68 Å². The molecule has 17 heavy (non-hydrogen) atoms. The molecule has 1 fully saturated rings. The van der Waals surface area contributed by atoms with Gasteiger partial charge in [-0.2, -0.15) is 5.10 Å². The summed E-state index contributed by atoms with van der Waals surface area (Å²) in [5.41, 5.74) is -0.923. The third-order valence-corrected chi connectivity index (χ3v) is 3.60. The summed E-state index contributed by atoms with van der Waals surface area (Å²) in [4.78, 5) is 4.16. The fraction of sp³-hybridized carbons (Fsp3) is 0.833. The molecule has 2 N–H and O–H groups in total. The minimum atomic E-state index is -0.923. The minimum Gasteiger partial charge on any atom is -0.390 e. The van der Waals surface area contributed by atoms with Gasteiger partial charge in [-0.25, -0.2) is 9.67 Å². The van der Waals surface area contributed by atoms with Crippen molar-refractivity contribution in [2.24, 2.45) is 0 Å². The summed E-state index contributed by atoms with van der Waals surface area (Å²) in [5.74, 6) is 0.743. The lowest BCUT2D eigenvalue weighted by Crippen LogP contribution is -2.41. The van der Waals surface area contributed by atoms with Gasteiger partial charge in [0.2, 0.25) is 0 Å². The van der Waals surface area contributed by atoms with Crippen LogP contribution in [0.1, 0.15) is 51.4 Å². The van der Waals surface area contributed by atoms with E-state index in [1.807, 2.05) is 13.8 Å². The Labute approximate surface area is 101 Å². The van der Waals surface area contributed by atoms with E-state index in [-0.39, 0.29) is 6.04 Å². The molecule has 1 aliphatic rings. The number of nitrogens with zero attached hydrogens (tertiary/aromatic N) is 3. The van der Waals surface area contributed by atoms with Crippen molar-refractivity contribution in [2.45, 2.75) is 63.7 Å². The van der Waals surface area contributed by atoms with Gasteiger partial charge in [0.15, 0.2) is 0 Å². The molecule has 0 saturated heterocycles. The standard InChI is InChI=1S/C12H21N3O2/c1-9(2)15-11(13-8-14-15)7-10(16)12(17)5-3-4-6-12/h8-10,16-17H,3-7H2,1-2H3. The monoisotopic (exact) mass is 239 g/mol. The molecule has 2 rings (SSSR count). The lowest BCUT2D eigenvalue weighted by Gasteiger charge is -2.28. The predicted molar refractivity (Wildman–Crippen MR) is 63.5 cm³/mol. The molecular formula is C12H21N3O2. The second-order valence-corrected chi connectivity index (χ2v) is 5.25. The largest absolute Gasteiger partial charge is 0.390 e. The van der Waals surface area contributed by atoms with Crippen LogP contribution < -0.4 is 0 Å². The highest BCUT2D eigenvalue weighted by Gasteiger charge is 2.39. The Balaban J connectivity index is 2.07. The van der Waals surface area contributed by atoms with Crippen LogP contribution in [0, 0.1) is 0 Å². The van der Waals surface area contributed by atoms with E-state index in [4.69, 9.17) is 0 Å². The second-order valence-electron chi connectivity index (χ2n) is 5.25. The number of hydrogen-bond acceptors (Lipinski definition) is 4. The van der Waals surface area contributed by atoms with Crippen LogP contribution in [-0.2, 0) is 6.42 Å². The van der Waals surface area contributed by atoms with Gasteiger partial charge in [0.1, 0.15) is 12.2 Å². The van der Waals surface area contributed by atoms with E-state index in [0.717, 1.165) is 18.7 Å². The molecule has 1 heterocycles. The molecule has 1 aromatic rings. The zero-order valence-corrected chi connectivity index (χ0v) is 10.5. The van der Waals surface area contributed by atoms with Crippen molar-refractivity contribution in [3.63, 3.8) is 0 Å². The first kappa shape index (κ1) is 12.5. The van der Waals surface area contributed by atoms with Crippen LogP contribution in [0.2, 0.25) is 0 Å². The van der Waals surface area contributed by atoms with Crippen molar-refractivity contribution >= 4 is 0 Å². The summed E-state index contributed by atoms with van der Waals surface area (Å²) >= 11 is 0. The second kappa shape index (κ2) is 4.74. The van der Waals surface area contributed by atoms with Crippen molar-refractivity contribution < 1.29 is 10.2 Å². The van der Waals surface area contributed by atoms with E-state index in [2.05, 4.69) is 10.1 Å². The molecule has 0 aliphatic heterocycles. The van der Waals surface area contributed by atoms with Crippen LogP contribution in [0.3, 0.4) is 0 Å². The van der Waals surface area contributed by atoms with Crippen LogP contribution >= 0.6 is 0 Å². The third-order valence-electron chi connectivity index (χ3n) is 3.60. The van der Waals surface area contributed by atoms with Gasteiger partial charge in [0, 0.05) is 12.5 Å². The van der Waals surface area contributed by atoms with E-state index < -0.39 is 11.7 Å². The normalized spacial score (nSPS) is 21.0. The lowest BCUT2D eigenvalue weighted by atomic mass is 9.92. The van der Waals surface area contributed by atoms with Crippen LogP contribution in [0.15, 0.2) is 6.33 Å². The zero-order chi connectivity index (χ0) is 12.5. The lowest BCUT2D eigenvalue weighted by molar-refractivity contribution is -0.0701. The maximum atomic E-state index is 10.3.